The van der Waals surface area contributed by atoms with Crippen LogP contribution in [0.2, 0.25) is 5.02 Å². The van der Waals surface area contributed by atoms with E-state index in [2.05, 4.69) is 4.72 Å². The number of methoxy groups -OCH3 is 1. The highest BCUT2D eigenvalue weighted by Gasteiger charge is 2.32. The van der Waals surface area contributed by atoms with Crippen molar-refractivity contribution in [1.29, 1.82) is 0 Å². The number of nitrogens with one attached hydrogen (secondary N) is 1. The van der Waals surface area contributed by atoms with Crippen molar-refractivity contribution >= 4 is 43.2 Å². The summed E-state index contributed by atoms with van der Waals surface area (Å²) in [7, 11) is -4.92. The van der Waals surface area contributed by atoms with Gasteiger partial charge in [-0.3, -0.25) is 9.52 Å². The van der Waals surface area contributed by atoms with E-state index in [4.69, 9.17) is 25.8 Å². The number of hydrogen-bond donors (Lipinski definition) is 2. The summed E-state index contributed by atoms with van der Waals surface area (Å²) in [5.41, 5.74) is 0.245. The van der Waals surface area contributed by atoms with Crippen molar-refractivity contribution < 1.29 is 40.9 Å². The van der Waals surface area contributed by atoms with E-state index >= 15 is 0 Å². The molecule has 0 unspecified atom stereocenters. The van der Waals surface area contributed by atoms with Crippen LogP contribution in [0.15, 0.2) is 76.5 Å². The first-order valence-electron chi connectivity index (χ1n) is 16.4. The lowest BCUT2D eigenvalue weighted by Crippen LogP contribution is -2.48. The summed E-state index contributed by atoms with van der Waals surface area (Å²) in [4.78, 5) is 16.0. The van der Waals surface area contributed by atoms with Crippen molar-refractivity contribution in [1.82, 2.24) is 9.21 Å². The smallest absolute Gasteiger partial charge is 0.261 e. The molecule has 3 aromatic rings. The van der Waals surface area contributed by atoms with E-state index in [0.717, 1.165) is 6.42 Å². The zero-order valence-corrected chi connectivity index (χ0v) is 31.3. The predicted octanol–water partition coefficient (Wildman–Crippen LogP) is 5.27. The van der Waals surface area contributed by atoms with Gasteiger partial charge >= 0.3 is 0 Å². The number of aliphatic hydroxyl groups excluding tert-OH is 1. The Morgan fingerprint density at radius 3 is 2.32 bits per heavy atom. The third-order valence-electron chi connectivity index (χ3n) is 8.63. The van der Waals surface area contributed by atoms with Gasteiger partial charge in [0.15, 0.2) is 0 Å². The van der Waals surface area contributed by atoms with Crippen LogP contribution in [0.25, 0.3) is 0 Å². The highest BCUT2D eigenvalue weighted by Crippen LogP contribution is 2.30. The quantitative estimate of drug-likeness (QED) is 0.283. The highest BCUT2D eigenvalue weighted by molar-refractivity contribution is 7.92. The molecule has 3 aromatic carbocycles. The number of likely N-dealkylation sites (N-methyl/N-ethyl adjacent to an activating group) is 1. The Balaban J connectivity index is 1.66. The lowest BCUT2D eigenvalue weighted by atomic mass is 10.0. The second kappa shape index (κ2) is 17.2. The van der Waals surface area contributed by atoms with E-state index in [1.54, 1.807) is 25.1 Å². The molecule has 0 aromatic heterocycles. The number of halogens is 1. The van der Waals surface area contributed by atoms with Crippen LogP contribution < -0.4 is 14.2 Å². The van der Waals surface area contributed by atoms with Crippen molar-refractivity contribution in [2.45, 2.75) is 68.1 Å². The SMILES string of the molecule is COc1ccc(S(=O)(=O)N(C)C[C@@H]2OCCCC[C@@H](C)Oc3ccc(NS(=O)(=O)c4ccc(Cl)cc4)cc3C(=O)N([C@@H](C)CO)C[C@H]2C)cc1. The van der Waals surface area contributed by atoms with Gasteiger partial charge in [0.1, 0.15) is 11.5 Å². The molecule has 1 heterocycles. The van der Waals surface area contributed by atoms with Gasteiger partial charge in [0, 0.05) is 43.4 Å². The first-order valence-corrected chi connectivity index (χ1v) is 19.7. The van der Waals surface area contributed by atoms with E-state index in [9.17, 15) is 26.7 Å². The molecule has 50 heavy (non-hydrogen) atoms. The molecule has 0 saturated carbocycles. The molecular weight excluding hydrogens is 706 g/mol. The minimum atomic E-state index is -4.02. The number of fused-ring (bicyclic) bond motifs is 1. The van der Waals surface area contributed by atoms with E-state index in [-0.39, 0.29) is 58.5 Å². The molecule has 1 aliphatic rings. The molecule has 4 atom stereocenters. The summed E-state index contributed by atoms with van der Waals surface area (Å²) in [6, 6.07) is 15.7. The van der Waals surface area contributed by atoms with Crippen molar-refractivity contribution in [3.63, 3.8) is 0 Å². The van der Waals surface area contributed by atoms with Gasteiger partial charge in [0.2, 0.25) is 10.0 Å². The fourth-order valence-electron chi connectivity index (χ4n) is 5.56. The molecule has 0 bridgehead atoms. The fraction of sp³-hybridized carbons (Fsp3) is 0.457. The molecule has 0 spiro atoms. The Bertz CT molecular complexity index is 1810. The van der Waals surface area contributed by atoms with Gasteiger partial charge in [0.25, 0.3) is 15.9 Å². The summed E-state index contributed by atoms with van der Waals surface area (Å²) < 4.78 is 74.9. The Morgan fingerprint density at radius 2 is 1.68 bits per heavy atom. The first-order chi connectivity index (χ1) is 23.7. The van der Waals surface area contributed by atoms with Gasteiger partial charge < -0.3 is 24.2 Å². The van der Waals surface area contributed by atoms with Crippen LogP contribution in [0.3, 0.4) is 0 Å². The Morgan fingerprint density at radius 1 is 1.02 bits per heavy atom. The second-order valence-corrected chi connectivity index (χ2v) is 16.7. The summed E-state index contributed by atoms with van der Waals surface area (Å²) in [6.45, 7) is 5.57. The van der Waals surface area contributed by atoms with E-state index < -0.39 is 38.1 Å². The average molecular weight is 752 g/mol. The summed E-state index contributed by atoms with van der Waals surface area (Å²) in [5, 5.41) is 10.6. The third kappa shape index (κ3) is 9.89. The molecule has 12 nitrogen and oxygen atoms in total. The fourth-order valence-corrected chi connectivity index (χ4v) is 7.91. The van der Waals surface area contributed by atoms with Crippen LogP contribution in [0.1, 0.15) is 50.4 Å². The van der Waals surface area contributed by atoms with Gasteiger partial charge in [-0.05, 0) is 99.8 Å². The standard InChI is InChI=1S/C35H46ClN3O9S2/c1-24-21-39(25(2)23-40)35(41)32-20-28(37-49(42,43)30-14-9-27(36)10-15-30)11-18-33(32)48-26(3)8-6-7-19-47-34(24)22-38(4)50(44,45)31-16-12-29(46-5)13-17-31/h9-18,20,24-26,34,37,40H,6-8,19,21-23H2,1-5H3/t24-,25+,26-,34+/m1/s1. The summed E-state index contributed by atoms with van der Waals surface area (Å²) in [6.07, 6.45) is 1.19. The number of nitrogens with zero attached hydrogens (tertiary/aromatic N) is 2. The average Bonchev–Trinajstić information content (AvgIpc) is 3.09. The predicted molar refractivity (Wildman–Crippen MR) is 192 cm³/mol. The zero-order valence-electron chi connectivity index (χ0n) is 28.9. The minimum Gasteiger partial charge on any atom is -0.497 e. The Kier molecular flexibility index (Phi) is 13.6. The molecule has 0 radical (unpaired) electrons. The van der Waals surface area contributed by atoms with Crippen LogP contribution in [0, 0.1) is 5.92 Å². The molecule has 1 aliphatic heterocycles. The van der Waals surface area contributed by atoms with Crippen LogP contribution in [-0.4, -0.2) is 95.8 Å². The molecule has 274 valence electrons. The maximum absolute atomic E-state index is 14.4. The molecule has 1 amide bonds. The number of rotatable bonds is 10. The van der Waals surface area contributed by atoms with Gasteiger partial charge in [-0.15, -0.1) is 0 Å². The number of hydrogen-bond acceptors (Lipinski definition) is 9. The Hall–Kier alpha value is -3.40. The van der Waals surface area contributed by atoms with Gasteiger partial charge in [0.05, 0.1) is 47.3 Å². The van der Waals surface area contributed by atoms with Crippen molar-refractivity contribution in [3.05, 3.63) is 77.3 Å². The molecule has 0 saturated heterocycles. The van der Waals surface area contributed by atoms with Crippen molar-refractivity contribution in [3.8, 4) is 11.5 Å². The molecule has 0 fully saturated rings. The van der Waals surface area contributed by atoms with E-state index in [1.807, 2.05) is 13.8 Å². The number of anilines is 1. The lowest BCUT2D eigenvalue weighted by molar-refractivity contribution is -0.00833. The van der Waals surface area contributed by atoms with Crippen molar-refractivity contribution in [2.75, 3.05) is 45.2 Å². The normalized spacial score (nSPS) is 20.4. The number of benzene rings is 3. The number of amides is 1. The van der Waals surface area contributed by atoms with E-state index in [0.29, 0.717) is 30.2 Å². The molecular formula is C35H46ClN3O9S2. The van der Waals surface area contributed by atoms with Crippen molar-refractivity contribution in [2.24, 2.45) is 5.92 Å². The van der Waals surface area contributed by atoms with Crippen LogP contribution in [0.5, 0.6) is 11.5 Å². The van der Waals surface area contributed by atoms with Gasteiger partial charge in [-0.25, -0.2) is 16.8 Å². The monoisotopic (exact) mass is 751 g/mol. The summed E-state index contributed by atoms with van der Waals surface area (Å²) in [5.74, 6) is -0.0814. The number of sulfonamides is 2. The van der Waals surface area contributed by atoms with Gasteiger partial charge in [-0.2, -0.15) is 4.31 Å². The topological polar surface area (TPSA) is 152 Å². The number of carbonyl (C=O) groups excluding carboxylic acids is 1. The lowest BCUT2D eigenvalue weighted by Gasteiger charge is -2.35. The summed E-state index contributed by atoms with van der Waals surface area (Å²) >= 11 is 5.94. The number of carbonyl (C=O) groups is 1. The molecule has 0 aliphatic carbocycles. The maximum atomic E-state index is 14.4. The zero-order chi connectivity index (χ0) is 36.6. The third-order valence-corrected chi connectivity index (χ3v) is 12.1. The molecule has 2 N–H and O–H groups in total. The molecule has 4 rings (SSSR count). The van der Waals surface area contributed by atoms with Crippen LogP contribution >= 0.6 is 11.6 Å². The first kappa shape index (κ1) is 39.4. The van der Waals surface area contributed by atoms with Crippen LogP contribution in [-0.2, 0) is 24.8 Å². The largest absolute Gasteiger partial charge is 0.497 e. The Labute approximate surface area is 300 Å². The van der Waals surface area contributed by atoms with Crippen LogP contribution in [0.4, 0.5) is 5.69 Å². The van der Waals surface area contributed by atoms with Gasteiger partial charge in [-0.1, -0.05) is 18.5 Å². The minimum absolute atomic E-state index is 0.00690. The molecule has 15 heteroatoms. The van der Waals surface area contributed by atoms with E-state index in [1.165, 1.54) is 71.9 Å². The highest BCUT2D eigenvalue weighted by atomic mass is 35.5. The second-order valence-electron chi connectivity index (χ2n) is 12.5. The maximum Gasteiger partial charge on any atom is 0.261 e. The number of ether oxygens (including phenoxy) is 3. The number of aliphatic hydroxyl groups is 1.